The Bertz CT molecular complexity index is 549. The van der Waals surface area contributed by atoms with E-state index in [-0.39, 0.29) is 5.91 Å². The van der Waals surface area contributed by atoms with Gasteiger partial charge in [-0.1, -0.05) is 29.8 Å². The number of carbonyl (C=O) groups is 1. The molecular formula is C14H16N2OS2. The molecule has 1 N–H and O–H groups in total. The van der Waals surface area contributed by atoms with Gasteiger partial charge in [0, 0.05) is 17.5 Å². The lowest BCUT2D eigenvalue weighted by molar-refractivity contribution is -0.113. The van der Waals surface area contributed by atoms with Crippen LogP contribution in [0.5, 0.6) is 0 Å². The molecule has 19 heavy (non-hydrogen) atoms. The van der Waals surface area contributed by atoms with Gasteiger partial charge in [-0.3, -0.25) is 4.79 Å². The second-order valence-corrected chi connectivity index (χ2v) is 6.26. The van der Waals surface area contributed by atoms with Gasteiger partial charge in [0.05, 0.1) is 5.75 Å². The van der Waals surface area contributed by atoms with Crippen LogP contribution in [0.2, 0.25) is 0 Å². The van der Waals surface area contributed by atoms with E-state index in [9.17, 15) is 4.79 Å². The average Bonchev–Trinajstić information content (AvgIpc) is 2.80. The van der Waals surface area contributed by atoms with Crippen molar-refractivity contribution >= 4 is 34.1 Å². The van der Waals surface area contributed by atoms with Crippen molar-refractivity contribution in [3.63, 3.8) is 0 Å². The number of aryl methyl sites for hydroxylation is 1. The van der Waals surface area contributed by atoms with Crippen LogP contribution in [0.25, 0.3) is 0 Å². The van der Waals surface area contributed by atoms with Crippen molar-refractivity contribution in [1.82, 2.24) is 4.98 Å². The third-order valence-electron chi connectivity index (χ3n) is 2.57. The summed E-state index contributed by atoms with van der Waals surface area (Å²) < 4.78 is 0. The highest BCUT2D eigenvalue weighted by Crippen LogP contribution is 2.21. The Balaban J connectivity index is 1.97. The van der Waals surface area contributed by atoms with Crippen LogP contribution in [0.3, 0.4) is 0 Å². The predicted molar refractivity (Wildman–Crippen MR) is 83.1 cm³/mol. The van der Waals surface area contributed by atoms with E-state index < -0.39 is 0 Å². The van der Waals surface area contributed by atoms with Crippen molar-refractivity contribution in [2.24, 2.45) is 0 Å². The van der Waals surface area contributed by atoms with E-state index in [1.807, 2.05) is 12.5 Å². The first-order valence-electron chi connectivity index (χ1n) is 5.96. The van der Waals surface area contributed by atoms with Crippen molar-refractivity contribution < 1.29 is 4.79 Å². The van der Waals surface area contributed by atoms with Crippen molar-refractivity contribution in [2.45, 2.75) is 13.3 Å². The molecule has 0 saturated heterocycles. The molecule has 0 bridgehead atoms. The molecule has 0 radical (unpaired) electrons. The van der Waals surface area contributed by atoms with Crippen molar-refractivity contribution in [3.05, 3.63) is 46.5 Å². The average molecular weight is 292 g/mol. The zero-order chi connectivity index (χ0) is 13.7. The second kappa shape index (κ2) is 6.73. The van der Waals surface area contributed by atoms with Gasteiger partial charge in [-0.25, -0.2) is 4.98 Å². The third kappa shape index (κ3) is 4.36. The van der Waals surface area contributed by atoms with Crippen molar-refractivity contribution in [2.75, 3.05) is 17.3 Å². The number of thiazole rings is 1. The first-order chi connectivity index (χ1) is 9.17. The SMILES string of the molecule is CSCC(=O)Nc1ncc(Cc2ccc(C)cc2)s1. The number of thioether (sulfide) groups is 1. The molecule has 1 aromatic carbocycles. The zero-order valence-corrected chi connectivity index (χ0v) is 12.6. The number of aromatic nitrogens is 1. The lowest BCUT2D eigenvalue weighted by Crippen LogP contribution is -2.13. The maximum Gasteiger partial charge on any atom is 0.236 e. The van der Waals surface area contributed by atoms with Crippen LogP contribution in [0.15, 0.2) is 30.5 Å². The van der Waals surface area contributed by atoms with Crippen molar-refractivity contribution in [3.8, 4) is 0 Å². The maximum absolute atomic E-state index is 11.5. The summed E-state index contributed by atoms with van der Waals surface area (Å²) in [6, 6.07) is 8.47. The number of amides is 1. The first kappa shape index (κ1) is 14.1. The number of anilines is 1. The molecule has 0 spiro atoms. The predicted octanol–water partition coefficient (Wildman–Crippen LogP) is 3.34. The molecule has 0 fully saturated rings. The van der Waals surface area contributed by atoms with E-state index in [2.05, 4.69) is 41.5 Å². The Morgan fingerprint density at radius 2 is 2.11 bits per heavy atom. The molecule has 0 atom stereocenters. The summed E-state index contributed by atoms with van der Waals surface area (Å²) in [6.45, 7) is 2.08. The molecule has 1 heterocycles. The highest BCUT2D eigenvalue weighted by atomic mass is 32.2. The third-order valence-corrected chi connectivity index (χ3v) is 4.04. The van der Waals surface area contributed by atoms with Gasteiger partial charge in [0.1, 0.15) is 0 Å². The minimum Gasteiger partial charge on any atom is -0.301 e. The molecule has 2 rings (SSSR count). The quantitative estimate of drug-likeness (QED) is 0.919. The molecule has 0 unspecified atom stereocenters. The smallest absolute Gasteiger partial charge is 0.236 e. The van der Waals surface area contributed by atoms with E-state index in [4.69, 9.17) is 0 Å². The molecule has 0 aliphatic carbocycles. The van der Waals surface area contributed by atoms with Crippen LogP contribution >= 0.6 is 23.1 Å². The fourth-order valence-corrected chi connectivity index (χ4v) is 2.84. The van der Waals surface area contributed by atoms with E-state index in [0.29, 0.717) is 10.9 Å². The summed E-state index contributed by atoms with van der Waals surface area (Å²) in [6.07, 6.45) is 4.60. The molecular weight excluding hydrogens is 276 g/mol. The minimum atomic E-state index is 0.00346. The van der Waals surface area contributed by atoms with Crippen LogP contribution in [0.1, 0.15) is 16.0 Å². The number of benzene rings is 1. The Hall–Kier alpha value is -1.33. The highest BCUT2D eigenvalue weighted by Gasteiger charge is 2.06. The molecule has 0 saturated carbocycles. The second-order valence-electron chi connectivity index (χ2n) is 4.28. The fourth-order valence-electron chi connectivity index (χ4n) is 1.64. The lowest BCUT2D eigenvalue weighted by Gasteiger charge is -1.99. The topological polar surface area (TPSA) is 42.0 Å². The summed E-state index contributed by atoms with van der Waals surface area (Å²) in [5.74, 6) is 0.469. The Morgan fingerprint density at radius 1 is 1.37 bits per heavy atom. The van der Waals surface area contributed by atoms with Gasteiger partial charge in [-0.2, -0.15) is 11.8 Å². The summed E-state index contributed by atoms with van der Waals surface area (Å²) in [4.78, 5) is 16.8. The van der Waals surface area contributed by atoms with E-state index in [1.165, 1.54) is 34.2 Å². The number of nitrogens with zero attached hydrogens (tertiary/aromatic N) is 1. The Labute approximate surface area is 121 Å². The monoisotopic (exact) mass is 292 g/mol. The summed E-state index contributed by atoms with van der Waals surface area (Å²) >= 11 is 3.04. The highest BCUT2D eigenvalue weighted by molar-refractivity contribution is 7.99. The molecule has 3 nitrogen and oxygen atoms in total. The largest absolute Gasteiger partial charge is 0.301 e. The number of nitrogens with one attached hydrogen (secondary N) is 1. The van der Waals surface area contributed by atoms with Gasteiger partial charge in [0.15, 0.2) is 5.13 Å². The van der Waals surface area contributed by atoms with Crippen LogP contribution in [-0.2, 0) is 11.2 Å². The molecule has 5 heteroatoms. The van der Waals surface area contributed by atoms with E-state index >= 15 is 0 Å². The number of carbonyl (C=O) groups excluding carboxylic acids is 1. The van der Waals surface area contributed by atoms with Gasteiger partial charge >= 0.3 is 0 Å². The Morgan fingerprint density at radius 3 is 2.79 bits per heavy atom. The normalized spacial score (nSPS) is 10.4. The van der Waals surface area contributed by atoms with Crippen LogP contribution < -0.4 is 5.32 Å². The minimum absolute atomic E-state index is 0.00346. The Kier molecular flexibility index (Phi) is 4.99. The van der Waals surface area contributed by atoms with Gasteiger partial charge < -0.3 is 5.32 Å². The van der Waals surface area contributed by atoms with Crippen LogP contribution in [-0.4, -0.2) is 22.9 Å². The number of rotatable bonds is 5. The molecule has 0 aliphatic rings. The molecule has 2 aromatic rings. The van der Waals surface area contributed by atoms with Gasteiger partial charge in [-0.05, 0) is 18.7 Å². The first-order valence-corrected chi connectivity index (χ1v) is 8.17. The summed E-state index contributed by atoms with van der Waals surface area (Å²) in [7, 11) is 0. The van der Waals surface area contributed by atoms with E-state index in [0.717, 1.165) is 11.3 Å². The van der Waals surface area contributed by atoms with Gasteiger partial charge in [0.25, 0.3) is 0 Å². The maximum atomic E-state index is 11.5. The molecule has 1 amide bonds. The molecule has 1 aromatic heterocycles. The van der Waals surface area contributed by atoms with Crippen LogP contribution in [0.4, 0.5) is 5.13 Å². The molecule has 0 aliphatic heterocycles. The number of hydrogen-bond acceptors (Lipinski definition) is 4. The van der Waals surface area contributed by atoms with Gasteiger partial charge in [-0.15, -0.1) is 11.3 Å². The van der Waals surface area contributed by atoms with Gasteiger partial charge in [0.2, 0.25) is 5.91 Å². The fraction of sp³-hybridized carbons (Fsp3) is 0.286. The molecule has 100 valence electrons. The van der Waals surface area contributed by atoms with E-state index in [1.54, 1.807) is 0 Å². The van der Waals surface area contributed by atoms with Crippen LogP contribution in [0, 0.1) is 6.92 Å². The lowest BCUT2D eigenvalue weighted by atomic mass is 10.1. The number of hydrogen-bond donors (Lipinski definition) is 1. The zero-order valence-electron chi connectivity index (χ0n) is 11.0. The summed E-state index contributed by atoms with van der Waals surface area (Å²) in [5, 5.41) is 3.49. The standard InChI is InChI=1S/C14H16N2OS2/c1-10-3-5-11(6-4-10)7-12-8-15-14(19-12)16-13(17)9-18-2/h3-6,8H,7,9H2,1-2H3,(H,15,16,17). The van der Waals surface area contributed by atoms with Crippen molar-refractivity contribution in [1.29, 1.82) is 0 Å². The summed E-state index contributed by atoms with van der Waals surface area (Å²) in [5.41, 5.74) is 2.52.